The Morgan fingerprint density at radius 1 is 1.26 bits per heavy atom. The average Bonchev–Trinajstić information content (AvgIpc) is 3.13. The summed E-state index contributed by atoms with van der Waals surface area (Å²) in [6.45, 7) is 12.2. The smallest absolute Gasteiger partial charge is 0.308 e. The fourth-order valence-corrected chi connectivity index (χ4v) is 6.10. The minimum absolute atomic E-state index is 0.180. The van der Waals surface area contributed by atoms with Crippen molar-refractivity contribution in [2.24, 2.45) is 22.7 Å². The molecule has 0 aromatic heterocycles. The van der Waals surface area contributed by atoms with Crippen LogP contribution in [0.5, 0.6) is 0 Å². The summed E-state index contributed by atoms with van der Waals surface area (Å²) >= 11 is 0. The van der Waals surface area contributed by atoms with Crippen molar-refractivity contribution in [3.05, 3.63) is 35.1 Å². The van der Waals surface area contributed by atoms with Crippen LogP contribution in [0.15, 0.2) is 35.1 Å². The van der Waals surface area contributed by atoms with Crippen LogP contribution in [0.4, 0.5) is 0 Å². The molecular formula is C26H34O8. The summed E-state index contributed by atoms with van der Waals surface area (Å²) < 4.78 is 17.6. The van der Waals surface area contributed by atoms with Gasteiger partial charge in [-0.05, 0) is 31.8 Å². The van der Waals surface area contributed by atoms with Crippen molar-refractivity contribution in [1.82, 2.24) is 0 Å². The maximum Gasteiger partial charge on any atom is 0.308 e. The van der Waals surface area contributed by atoms with Crippen molar-refractivity contribution < 1.29 is 38.8 Å². The number of aliphatic hydroxyl groups excluding tert-OH is 2. The molecule has 1 saturated heterocycles. The third-order valence-electron chi connectivity index (χ3n) is 8.23. The first-order valence-corrected chi connectivity index (χ1v) is 11.9. The maximum atomic E-state index is 13.8. The highest BCUT2D eigenvalue weighted by Crippen LogP contribution is 2.62. The van der Waals surface area contributed by atoms with Crippen LogP contribution >= 0.6 is 0 Å². The molecule has 0 aromatic carbocycles. The summed E-state index contributed by atoms with van der Waals surface area (Å²) in [5.41, 5.74) is -1.88. The molecule has 0 bridgehead atoms. The minimum atomic E-state index is -1.19. The lowest BCUT2D eigenvalue weighted by atomic mass is 9.54. The molecule has 2 N–H and O–H groups in total. The number of hydrogen-bond acceptors (Lipinski definition) is 8. The van der Waals surface area contributed by atoms with Crippen molar-refractivity contribution in [3.8, 4) is 0 Å². The molecule has 1 saturated carbocycles. The second kappa shape index (κ2) is 8.05. The van der Waals surface area contributed by atoms with Crippen molar-refractivity contribution >= 4 is 17.7 Å². The van der Waals surface area contributed by atoms with E-state index in [0.29, 0.717) is 24.8 Å². The lowest BCUT2D eigenvalue weighted by molar-refractivity contribution is -0.163. The molecule has 1 spiro atoms. The van der Waals surface area contributed by atoms with Crippen molar-refractivity contribution in [3.63, 3.8) is 0 Å². The SMILES string of the molecule is C=C[C@@]1(C)CC[C@@]23OC[C@@H]4C[C@@H](OC(C)=O)[C@@](C)(COC(=O)C(C)C)C(=C42)C(=O)C(O)=C3[C@H]1O. The van der Waals surface area contributed by atoms with Gasteiger partial charge in [0.05, 0.1) is 24.0 Å². The number of hydrogen-bond donors (Lipinski definition) is 2. The van der Waals surface area contributed by atoms with Crippen LogP contribution in [-0.2, 0) is 28.6 Å². The Kier molecular flexibility index (Phi) is 5.84. The number of aliphatic hydroxyl groups is 2. The van der Waals surface area contributed by atoms with Gasteiger partial charge >= 0.3 is 11.9 Å². The largest absolute Gasteiger partial charge is 0.504 e. The van der Waals surface area contributed by atoms with Crippen LogP contribution in [0.25, 0.3) is 0 Å². The molecule has 1 heterocycles. The van der Waals surface area contributed by atoms with Gasteiger partial charge in [-0.1, -0.05) is 26.8 Å². The molecule has 0 radical (unpaired) electrons. The van der Waals surface area contributed by atoms with Crippen LogP contribution in [0, 0.1) is 22.7 Å². The summed E-state index contributed by atoms with van der Waals surface area (Å²) in [6, 6.07) is 0. The van der Waals surface area contributed by atoms with Gasteiger partial charge in [-0.2, -0.15) is 0 Å². The highest BCUT2D eigenvalue weighted by molar-refractivity contribution is 6.11. The number of allylic oxidation sites excluding steroid dienone is 1. The van der Waals surface area contributed by atoms with E-state index in [2.05, 4.69) is 6.58 Å². The van der Waals surface area contributed by atoms with Gasteiger partial charge in [0.2, 0.25) is 5.78 Å². The lowest BCUT2D eigenvalue weighted by Crippen LogP contribution is -2.57. The average molecular weight is 475 g/mol. The molecule has 0 amide bonds. The first-order valence-electron chi connectivity index (χ1n) is 11.9. The third-order valence-corrected chi connectivity index (χ3v) is 8.23. The predicted octanol–water partition coefficient (Wildman–Crippen LogP) is 2.95. The van der Waals surface area contributed by atoms with E-state index in [9.17, 15) is 24.6 Å². The Hall–Kier alpha value is -2.45. The fraction of sp³-hybridized carbons (Fsp3) is 0.654. The van der Waals surface area contributed by atoms with E-state index in [1.165, 1.54) is 6.92 Å². The third kappa shape index (κ3) is 3.29. The number of rotatable bonds is 5. The Morgan fingerprint density at radius 3 is 2.53 bits per heavy atom. The standard InChI is InChI=1S/C26H34O8/c1-7-24(5)8-9-26-17-15(11-33-26)10-16(34-14(4)27)25(6,12-32-23(31)13(2)3)18(17)20(28)21(29)19(26)22(24)30/h7,13,15-16,22,29-30H,1,8-12H2,2-6H3/t15-,16+,22+,24-,25+,26+/m0/s1. The van der Waals surface area contributed by atoms with Crippen LogP contribution < -0.4 is 0 Å². The summed E-state index contributed by atoms with van der Waals surface area (Å²) in [7, 11) is 0. The maximum absolute atomic E-state index is 13.8. The van der Waals surface area contributed by atoms with Gasteiger partial charge in [-0.15, -0.1) is 6.58 Å². The predicted molar refractivity (Wildman–Crippen MR) is 121 cm³/mol. The first-order chi connectivity index (χ1) is 15.8. The summed E-state index contributed by atoms with van der Waals surface area (Å²) in [5, 5.41) is 22.5. The molecular weight excluding hydrogens is 440 g/mol. The zero-order valence-electron chi connectivity index (χ0n) is 20.5. The Morgan fingerprint density at radius 2 is 1.94 bits per heavy atom. The van der Waals surface area contributed by atoms with Crippen molar-refractivity contribution in [2.45, 2.75) is 71.7 Å². The van der Waals surface area contributed by atoms with Gasteiger partial charge in [0.15, 0.2) is 5.76 Å². The van der Waals surface area contributed by atoms with E-state index in [1.54, 1.807) is 26.8 Å². The first kappa shape index (κ1) is 24.7. The van der Waals surface area contributed by atoms with Crippen molar-refractivity contribution in [1.29, 1.82) is 0 Å². The summed E-state index contributed by atoms with van der Waals surface area (Å²) in [5.74, 6) is -2.76. The molecule has 4 aliphatic rings. The van der Waals surface area contributed by atoms with Gasteiger partial charge in [-0.25, -0.2) is 0 Å². The van der Waals surface area contributed by atoms with E-state index in [-0.39, 0.29) is 36.2 Å². The fourth-order valence-electron chi connectivity index (χ4n) is 6.10. The number of esters is 2. The van der Waals surface area contributed by atoms with Crippen molar-refractivity contribution in [2.75, 3.05) is 13.2 Å². The van der Waals surface area contributed by atoms with Crippen LogP contribution in [0.1, 0.15) is 53.9 Å². The van der Waals surface area contributed by atoms with E-state index >= 15 is 0 Å². The van der Waals surface area contributed by atoms with Gasteiger partial charge in [0, 0.05) is 29.4 Å². The molecule has 186 valence electrons. The molecule has 3 aliphatic carbocycles. The molecule has 6 atom stereocenters. The molecule has 8 nitrogen and oxygen atoms in total. The van der Waals surface area contributed by atoms with Gasteiger partial charge in [0.25, 0.3) is 0 Å². The highest BCUT2D eigenvalue weighted by Gasteiger charge is 2.66. The number of ketones is 1. The molecule has 1 aliphatic heterocycles. The van der Waals surface area contributed by atoms with E-state index in [1.807, 2.05) is 6.92 Å². The van der Waals surface area contributed by atoms with Gasteiger partial charge in [-0.3, -0.25) is 14.4 Å². The van der Waals surface area contributed by atoms with Gasteiger partial charge in [0.1, 0.15) is 18.3 Å². The molecule has 34 heavy (non-hydrogen) atoms. The summed E-state index contributed by atoms with van der Waals surface area (Å²) in [6.07, 6.45) is 1.13. The molecule has 4 rings (SSSR count). The molecule has 0 aromatic rings. The zero-order chi connectivity index (χ0) is 25.2. The van der Waals surface area contributed by atoms with Crippen LogP contribution in [0.2, 0.25) is 0 Å². The number of ether oxygens (including phenoxy) is 3. The van der Waals surface area contributed by atoms with E-state index in [0.717, 1.165) is 0 Å². The number of carbonyl (C=O) groups is 3. The topological polar surface area (TPSA) is 119 Å². The van der Waals surface area contributed by atoms with E-state index < -0.39 is 52.1 Å². The second-order valence-electron chi connectivity index (χ2n) is 10.8. The minimum Gasteiger partial charge on any atom is -0.504 e. The Labute approximate surface area is 199 Å². The second-order valence-corrected chi connectivity index (χ2v) is 10.8. The van der Waals surface area contributed by atoms with E-state index in [4.69, 9.17) is 14.2 Å². The number of carbonyl (C=O) groups excluding carboxylic acids is 3. The van der Waals surface area contributed by atoms with Gasteiger partial charge < -0.3 is 24.4 Å². The Bertz CT molecular complexity index is 1020. The normalized spacial score (nSPS) is 39.0. The zero-order valence-corrected chi connectivity index (χ0v) is 20.5. The molecule has 0 unspecified atom stereocenters. The lowest BCUT2D eigenvalue weighted by Gasteiger charge is -2.53. The Balaban J connectivity index is 1.88. The molecule has 2 fully saturated rings. The highest BCUT2D eigenvalue weighted by atomic mass is 16.6. The monoisotopic (exact) mass is 474 g/mol. The van der Waals surface area contributed by atoms with Crippen LogP contribution in [0.3, 0.4) is 0 Å². The number of Topliss-reactive ketones (excluding diaryl/α,β-unsaturated/α-hetero) is 1. The quantitative estimate of drug-likeness (QED) is 0.461. The summed E-state index contributed by atoms with van der Waals surface area (Å²) in [4.78, 5) is 38.1. The molecule has 8 heteroatoms. The van der Waals surface area contributed by atoms with Crippen LogP contribution in [-0.4, -0.2) is 59.0 Å².